The average molecular weight is 330 g/mol. The van der Waals surface area contributed by atoms with Crippen molar-refractivity contribution < 1.29 is 19.4 Å². The van der Waals surface area contributed by atoms with Gasteiger partial charge in [0.1, 0.15) is 11.8 Å². The molecule has 1 unspecified atom stereocenters. The number of amides is 1. The van der Waals surface area contributed by atoms with Crippen LogP contribution in [-0.4, -0.2) is 52.6 Å². The highest BCUT2D eigenvalue weighted by atomic mass is 35.5. The van der Waals surface area contributed by atoms with E-state index in [2.05, 4.69) is 0 Å². The molecule has 114 valence electrons. The number of hydrogen-bond acceptors (Lipinski definition) is 4. The van der Waals surface area contributed by atoms with E-state index in [0.717, 1.165) is 11.3 Å². The number of carbonyl (C=O) groups excluding carboxylic acids is 1. The Bertz CT molecular complexity index is 552. The van der Waals surface area contributed by atoms with E-state index in [-0.39, 0.29) is 12.5 Å². The first-order chi connectivity index (χ1) is 9.99. The number of carboxylic acid groups (broad SMARTS) is 1. The van der Waals surface area contributed by atoms with Crippen LogP contribution in [-0.2, 0) is 9.59 Å². The van der Waals surface area contributed by atoms with Gasteiger partial charge in [0, 0.05) is 23.1 Å². The highest BCUT2D eigenvalue weighted by Gasteiger charge is 2.32. The molecule has 1 atom stereocenters. The maximum absolute atomic E-state index is 12.1. The first-order valence-electron chi connectivity index (χ1n) is 6.48. The molecule has 0 bridgehead atoms. The third-order valence-electron chi connectivity index (χ3n) is 3.23. The third kappa shape index (κ3) is 4.04. The monoisotopic (exact) mass is 329 g/mol. The van der Waals surface area contributed by atoms with Crippen LogP contribution in [0.1, 0.15) is 5.56 Å². The third-order valence-corrected chi connectivity index (χ3v) is 4.67. The van der Waals surface area contributed by atoms with Crippen LogP contribution in [0.5, 0.6) is 5.75 Å². The number of thioether (sulfide) groups is 1. The van der Waals surface area contributed by atoms with Crippen molar-refractivity contribution in [1.29, 1.82) is 0 Å². The Kier molecular flexibility index (Phi) is 5.36. The first kappa shape index (κ1) is 16.0. The van der Waals surface area contributed by atoms with Crippen LogP contribution in [0.15, 0.2) is 18.2 Å². The van der Waals surface area contributed by atoms with Gasteiger partial charge in [-0.3, -0.25) is 4.79 Å². The van der Waals surface area contributed by atoms with Crippen LogP contribution >= 0.6 is 23.4 Å². The molecule has 0 aliphatic carbocycles. The fourth-order valence-electron chi connectivity index (χ4n) is 2.04. The Morgan fingerprint density at radius 3 is 2.95 bits per heavy atom. The molecule has 0 saturated carbocycles. The van der Waals surface area contributed by atoms with Crippen molar-refractivity contribution in [2.24, 2.45) is 0 Å². The van der Waals surface area contributed by atoms with Crippen molar-refractivity contribution in [2.75, 3.05) is 24.7 Å². The molecule has 2 rings (SSSR count). The fraction of sp³-hybridized carbons (Fsp3) is 0.429. The quantitative estimate of drug-likeness (QED) is 0.915. The minimum atomic E-state index is -0.974. The number of rotatable bonds is 4. The fourth-order valence-corrected chi connectivity index (χ4v) is 3.20. The topological polar surface area (TPSA) is 66.8 Å². The van der Waals surface area contributed by atoms with Crippen molar-refractivity contribution in [1.82, 2.24) is 4.90 Å². The van der Waals surface area contributed by atoms with E-state index < -0.39 is 12.0 Å². The smallest absolute Gasteiger partial charge is 0.327 e. The summed E-state index contributed by atoms with van der Waals surface area (Å²) in [5, 5.41) is 9.78. The summed E-state index contributed by atoms with van der Waals surface area (Å²) in [5.74, 6) is 0.424. The van der Waals surface area contributed by atoms with E-state index in [1.807, 2.05) is 6.92 Å². The van der Waals surface area contributed by atoms with Crippen LogP contribution in [0, 0.1) is 6.92 Å². The molecule has 21 heavy (non-hydrogen) atoms. The second-order valence-electron chi connectivity index (χ2n) is 4.72. The summed E-state index contributed by atoms with van der Waals surface area (Å²) in [6, 6.07) is 4.36. The van der Waals surface area contributed by atoms with Gasteiger partial charge in [0.25, 0.3) is 5.91 Å². The van der Waals surface area contributed by atoms with Gasteiger partial charge in [-0.2, -0.15) is 11.8 Å². The van der Waals surface area contributed by atoms with Gasteiger partial charge < -0.3 is 14.7 Å². The van der Waals surface area contributed by atoms with Crippen LogP contribution in [0.3, 0.4) is 0 Å². The number of carbonyl (C=O) groups is 2. The number of nitrogens with zero attached hydrogens (tertiary/aromatic N) is 1. The average Bonchev–Trinajstić information content (AvgIpc) is 2.48. The maximum atomic E-state index is 12.1. The van der Waals surface area contributed by atoms with Gasteiger partial charge in [-0.05, 0) is 30.7 Å². The van der Waals surface area contributed by atoms with Gasteiger partial charge in [0.05, 0.1) is 0 Å². The summed E-state index contributed by atoms with van der Waals surface area (Å²) < 4.78 is 5.44. The van der Waals surface area contributed by atoms with Gasteiger partial charge in [-0.25, -0.2) is 4.79 Å². The molecule has 1 amide bonds. The Balaban J connectivity index is 1.96. The minimum absolute atomic E-state index is 0.171. The van der Waals surface area contributed by atoms with E-state index in [4.69, 9.17) is 21.4 Å². The molecule has 7 heteroatoms. The van der Waals surface area contributed by atoms with Gasteiger partial charge in [-0.15, -0.1) is 0 Å². The van der Waals surface area contributed by atoms with Crippen molar-refractivity contribution in [3.05, 3.63) is 28.8 Å². The minimum Gasteiger partial charge on any atom is -0.484 e. The second kappa shape index (κ2) is 7.04. The van der Waals surface area contributed by atoms with E-state index in [1.165, 1.54) is 4.90 Å². The van der Waals surface area contributed by atoms with Crippen molar-refractivity contribution in [3.63, 3.8) is 0 Å². The van der Waals surface area contributed by atoms with Crippen molar-refractivity contribution in [2.45, 2.75) is 13.0 Å². The summed E-state index contributed by atoms with van der Waals surface area (Å²) in [7, 11) is 0. The zero-order chi connectivity index (χ0) is 15.4. The lowest BCUT2D eigenvalue weighted by Crippen LogP contribution is -2.51. The number of halogens is 1. The van der Waals surface area contributed by atoms with Crippen LogP contribution in [0.2, 0.25) is 5.02 Å². The summed E-state index contributed by atoms with van der Waals surface area (Å²) in [6.45, 7) is 2.11. The zero-order valence-electron chi connectivity index (χ0n) is 11.5. The predicted octanol–water partition coefficient (Wildman–Crippen LogP) is 2.06. The maximum Gasteiger partial charge on any atom is 0.327 e. The number of aliphatic carboxylic acids is 1. The van der Waals surface area contributed by atoms with E-state index >= 15 is 0 Å². The van der Waals surface area contributed by atoms with Crippen LogP contribution < -0.4 is 4.74 Å². The molecule has 1 aliphatic rings. The molecule has 0 radical (unpaired) electrons. The van der Waals surface area contributed by atoms with Gasteiger partial charge in [0.2, 0.25) is 0 Å². The Morgan fingerprint density at radius 1 is 1.52 bits per heavy atom. The molecule has 5 nitrogen and oxygen atoms in total. The van der Waals surface area contributed by atoms with Crippen LogP contribution in [0.25, 0.3) is 0 Å². The van der Waals surface area contributed by atoms with Gasteiger partial charge in [-0.1, -0.05) is 11.6 Å². The van der Waals surface area contributed by atoms with Gasteiger partial charge in [0.15, 0.2) is 6.61 Å². The molecule has 0 spiro atoms. The summed E-state index contributed by atoms with van der Waals surface area (Å²) in [4.78, 5) is 24.7. The molecule has 1 aliphatic heterocycles. The lowest BCUT2D eigenvalue weighted by Gasteiger charge is -2.32. The Labute approximate surface area is 132 Å². The SMILES string of the molecule is Cc1cc(OCC(=O)N2CCSCC2C(=O)O)ccc1Cl. The largest absolute Gasteiger partial charge is 0.484 e. The Hall–Kier alpha value is -1.40. The summed E-state index contributed by atoms with van der Waals surface area (Å²) in [5.41, 5.74) is 0.861. The lowest BCUT2D eigenvalue weighted by atomic mass is 10.2. The van der Waals surface area contributed by atoms with Crippen molar-refractivity contribution in [3.8, 4) is 5.75 Å². The number of aryl methyl sites for hydroxylation is 1. The van der Waals surface area contributed by atoms with Crippen LogP contribution in [0.4, 0.5) is 0 Å². The number of hydrogen-bond donors (Lipinski definition) is 1. The summed E-state index contributed by atoms with van der Waals surface area (Å²) in [6.07, 6.45) is 0. The normalized spacial score (nSPS) is 18.4. The van der Waals surface area contributed by atoms with Crippen molar-refractivity contribution >= 4 is 35.2 Å². The first-order valence-corrected chi connectivity index (χ1v) is 8.01. The molecule has 1 saturated heterocycles. The number of benzene rings is 1. The lowest BCUT2D eigenvalue weighted by molar-refractivity contribution is -0.150. The second-order valence-corrected chi connectivity index (χ2v) is 6.27. The Morgan fingerprint density at radius 2 is 2.29 bits per heavy atom. The standard InChI is InChI=1S/C14H16ClNO4S/c1-9-6-10(2-3-11(9)15)20-7-13(17)16-4-5-21-8-12(16)14(18)19/h2-3,6,12H,4-5,7-8H2,1H3,(H,18,19). The molecule has 1 aromatic rings. The van der Waals surface area contributed by atoms with Gasteiger partial charge >= 0.3 is 5.97 Å². The van der Waals surface area contributed by atoms with E-state index in [9.17, 15) is 9.59 Å². The molecule has 1 heterocycles. The highest BCUT2D eigenvalue weighted by molar-refractivity contribution is 7.99. The summed E-state index contributed by atoms with van der Waals surface area (Å²) >= 11 is 7.46. The molecule has 1 N–H and O–H groups in total. The molecule has 1 aromatic carbocycles. The zero-order valence-corrected chi connectivity index (χ0v) is 13.1. The van der Waals surface area contributed by atoms with E-state index in [1.54, 1.807) is 30.0 Å². The van der Waals surface area contributed by atoms with E-state index in [0.29, 0.717) is 23.1 Å². The number of carboxylic acids is 1. The molecular formula is C14H16ClNO4S. The number of ether oxygens (including phenoxy) is 1. The molecular weight excluding hydrogens is 314 g/mol. The molecule has 1 fully saturated rings. The molecule has 0 aromatic heterocycles. The predicted molar refractivity (Wildman–Crippen MR) is 82.1 cm³/mol. The highest BCUT2D eigenvalue weighted by Crippen LogP contribution is 2.21.